The van der Waals surface area contributed by atoms with Gasteiger partial charge in [-0.25, -0.2) is 0 Å². The lowest BCUT2D eigenvalue weighted by Crippen LogP contribution is -2.24. The molecule has 0 heterocycles. The molecule has 0 saturated carbocycles. The van der Waals surface area contributed by atoms with E-state index in [2.05, 4.69) is 10.6 Å². The molecule has 2 amide bonds. The molecule has 3 aromatic carbocycles. The van der Waals surface area contributed by atoms with Crippen molar-refractivity contribution in [3.63, 3.8) is 0 Å². The van der Waals surface area contributed by atoms with Crippen molar-refractivity contribution in [1.29, 1.82) is 0 Å². The lowest BCUT2D eigenvalue weighted by Gasteiger charge is -2.18. The van der Waals surface area contributed by atoms with E-state index in [-0.39, 0.29) is 11.8 Å². The van der Waals surface area contributed by atoms with Crippen LogP contribution >= 0.6 is 0 Å². The van der Waals surface area contributed by atoms with Crippen LogP contribution in [0.2, 0.25) is 0 Å². The van der Waals surface area contributed by atoms with E-state index in [4.69, 9.17) is 0 Å². The second kappa shape index (κ2) is 9.51. The fourth-order valence-electron chi connectivity index (χ4n) is 3.05. The molecule has 0 saturated heterocycles. The monoisotopic (exact) mass is 372 g/mol. The third-order valence-electron chi connectivity index (χ3n) is 4.48. The number of nitrogens with one attached hydrogen (secondary N) is 2. The molecule has 0 radical (unpaired) electrons. The largest absolute Gasteiger partial charge is 0.352 e. The van der Waals surface area contributed by atoms with E-state index in [1.165, 1.54) is 0 Å². The highest BCUT2D eigenvalue weighted by atomic mass is 16.2. The summed E-state index contributed by atoms with van der Waals surface area (Å²) >= 11 is 0. The van der Waals surface area contributed by atoms with E-state index in [0.717, 1.165) is 17.5 Å². The Labute approximate surface area is 165 Å². The standard InChI is InChI=1S/C24H24N2O2/c1-2-17-25-23(27)20-13-15-21(16-14-20)26-24(28)22(18-9-5-3-6-10-18)19-11-7-4-8-12-19/h3-16,22H,2,17H2,1H3,(H,25,27)(H,26,28). The van der Waals surface area contributed by atoms with Gasteiger partial charge < -0.3 is 10.6 Å². The first-order valence-electron chi connectivity index (χ1n) is 9.48. The number of benzene rings is 3. The van der Waals surface area contributed by atoms with Crippen LogP contribution in [-0.4, -0.2) is 18.4 Å². The second-order valence-corrected chi connectivity index (χ2v) is 6.58. The first-order chi connectivity index (χ1) is 13.7. The molecule has 0 unspecified atom stereocenters. The molecule has 0 bridgehead atoms. The molecule has 142 valence electrons. The fourth-order valence-corrected chi connectivity index (χ4v) is 3.05. The number of carbonyl (C=O) groups is 2. The van der Waals surface area contributed by atoms with Crippen molar-refractivity contribution in [2.24, 2.45) is 0 Å². The lowest BCUT2D eigenvalue weighted by atomic mass is 9.90. The summed E-state index contributed by atoms with van der Waals surface area (Å²) in [5.74, 6) is -0.623. The maximum absolute atomic E-state index is 13.1. The Morgan fingerprint density at radius 3 is 1.82 bits per heavy atom. The molecular weight excluding hydrogens is 348 g/mol. The summed E-state index contributed by atoms with van der Waals surface area (Å²) in [5, 5.41) is 5.82. The van der Waals surface area contributed by atoms with E-state index in [9.17, 15) is 9.59 Å². The van der Waals surface area contributed by atoms with Crippen LogP contribution in [-0.2, 0) is 4.79 Å². The van der Waals surface area contributed by atoms with E-state index in [1.54, 1.807) is 24.3 Å². The summed E-state index contributed by atoms with van der Waals surface area (Å²) in [4.78, 5) is 25.1. The van der Waals surface area contributed by atoms with Gasteiger partial charge in [-0.3, -0.25) is 9.59 Å². The highest BCUT2D eigenvalue weighted by Gasteiger charge is 2.22. The average Bonchev–Trinajstić information content (AvgIpc) is 2.74. The summed E-state index contributed by atoms with van der Waals surface area (Å²) in [5.41, 5.74) is 3.10. The molecule has 3 rings (SSSR count). The first kappa shape index (κ1) is 19.4. The van der Waals surface area contributed by atoms with Crippen LogP contribution in [0.15, 0.2) is 84.9 Å². The van der Waals surface area contributed by atoms with Crippen molar-refractivity contribution in [2.45, 2.75) is 19.3 Å². The summed E-state index contributed by atoms with van der Waals surface area (Å²) in [6.45, 7) is 2.65. The number of carbonyl (C=O) groups excluding carboxylic acids is 2. The van der Waals surface area contributed by atoms with Crippen molar-refractivity contribution >= 4 is 17.5 Å². The first-order valence-corrected chi connectivity index (χ1v) is 9.48. The molecule has 0 aromatic heterocycles. The molecule has 0 spiro atoms. The zero-order valence-electron chi connectivity index (χ0n) is 15.9. The van der Waals surface area contributed by atoms with Crippen LogP contribution < -0.4 is 10.6 Å². The molecule has 0 aliphatic rings. The molecule has 0 atom stereocenters. The molecule has 4 nitrogen and oxygen atoms in total. The Bertz CT molecular complexity index is 867. The van der Waals surface area contributed by atoms with Crippen LogP contribution in [0.5, 0.6) is 0 Å². The molecule has 2 N–H and O–H groups in total. The maximum Gasteiger partial charge on any atom is 0.251 e. The topological polar surface area (TPSA) is 58.2 Å². The van der Waals surface area contributed by atoms with Crippen LogP contribution in [0.1, 0.15) is 40.7 Å². The number of hydrogen-bond acceptors (Lipinski definition) is 2. The third kappa shape index (κ3) is 4.86. The quantitative estimate of drug-likeness (QED) is 0.637. The van der Waals surface area contributed by atoms with Gasteiger partial charge in [0.05, 0.1) is 5.92 Å². The van der Waals surface area contributed by atoms with E-state index >= 15 is 0 Å². The SMILES string of the molecule is CCCNC(=O)c1ccc(NC(=O)C(c2ccccc2)c2ccccc2)cc1. The Morgan fingerprint density at radius 1 is 0.786 bits per heavy atom. The minimum atomic E-state index is -0.407. The number of amides is 2. The summed E-state index contributed by atoms with van der Waals surface area (Å²) in [6.07, 6.45) is 0.889. The Morgan fingerprint density at radius 2 is 1.32 bits per heavy atom. The molecule has 0 aliphatic heterocycles. The van der Waals surface area contributed by atoms with Gasteiger partial charge in [0.1, 0.15) is 0 Å². The minimum absolute atomic E-state index is 0.105. The van der Waals surface area contributed by atoms with Gasteiger partial charge in [-0.05, 0) is 41.8 Å². The number of hydrogen-bond donors (Lipinski definition) is 2. The van der Waals surface area contributed by atoms with Crippen LogP contribution in [0, 0.1) is 0 Å². The highest BCUT2D eigenvalue weighted by molar-refractivity contribution is 5.99. The molecule has 28 heavy (non-hydrogen) atoms. The summed E-state index contributed by atoms with van der Waals surface area (Å²) < 4.78 is 0. The van der Waals surface area contributed by atoms with E-state index in [1.807, 2.05) is 67.6 Å². The maximum atomic E-state index is 13.1. The smallest absolute Gasteiger partial charge is 0.251 e. The minimum Gasteiger partial charge on any atom is -0.352 e. The van der Waals surface area contributed by atoms with Gasteiger partial charge in [-0.2, -0.15) is 0 Å². The van der Waals surface area contributed by atoms with Crippen molar-refractivity contribution in [3.05, 3.63) is 102 Å². The predicted molar refractivity (Wildman–Crippen MR) is 112 cm³/mol. The van der Waals surface area contributed by atoms with Gasteiger partial charge in [-0.1, -0.05) is 67.6 Å². The Hall–Kier alpha value is -3.40. The number of anilines is 1. The summed E-state index contributed by atoms with van der Waals surface area (Å²) in [6, 6.07) is 26.4. The van der Waals surface area contributed by atoms with Crippen molar-refractivity contribution in [1.82, 2.24) is 5.32 Å². The van der Waals surface area contributed by atoms with E-state index < -0.39 is 5.92 Å². The predicted octanol–water partition coefficient (Wildman–Crippen LogP) is 4.60. The zero-order valence-corrected chi connectivity index (χ0v) is 15.9. The van der Waals surface area contributed by atoms with Crippen molar-refractivity contribution in [3.8, 4) is 0 Å². The van der Waals surface area contributed by atoms with Gasteiger partial charge in [0.15, 0.2) is 0 Å². The normalized spacial score (nSPS) is 10.5. The lowest BCUT2D eigenvalue weighted by molar-refractivity contribution is -0.116. The van der Waals surface area contributed by atoms with Gasteiger partial charge in [0.2, 0.25) is 5.91 Å². The van der Waals surface area contributed by atoms with Gasteiger partial charge in [-0.15, -0.1) is 0 Å². The number of rotatable bonds is 7. The molecule has 4 heteroatoms. The van der Waals surface area contributed by atoms with Crippen molar-refractivity contribution in [2.75, 3.05) is 11.9 Å². The molecule has 0 fully saturated rings. The average molecular weight is 372 g/mol. The van der Waals surface area contributed by atoms with Crippen molar-refractivity contribution < 1.29 is 9.59 Å². The van der Waals surface area contributed by atoms with Crippen LogP contribution in [0.3, 0.4) is 0 Å². The molecule has 3 aromatic rings. The fraction of sp³-hybridized carbons (Fsp3) is 0.167. The Kier molecular flexibility index (Phi) is 6.58. The van der Waals surface area contributed by atoms with E-state index in [0.29, 0.717) is 17.8 Å². The second-order valence-electron chi connectivity index (χ2n) is 6.58. The highest BCUT2D eigenvalue weighted by Crippen LogP contribution is 2.26. The Balaban J connectivity index is 1.78. The third-order valence-corrected chi connectivity index (χ3v) is 4.48. The van der Waals surface area contributed by atoms with Crippen LogP contribution in [0.25, 0.3) is 0 Å². The van der Waals surface area contributed by atoms with Gasteiger partial charge in [0, 0.05) is 17.8 Å². The van der Waals surface area contributed by atoms with Gasteiger partial charge in [0.25, 0.3) is 5.91 Å². The molecule has 0 aliphatic carbocycles. The summed E-state index contributed by atoms with van der Waals surface area (Å²) in [7, 11) is 0. The zero-order chi connectivity index (χ0) is 19.8. The van der Waals surface area contributed by atoms with Gasteiger partial charge >= 0.3 is 0 Å². The van der Waals surface area contributed by atoms with Crippen LogP contribution in [0.4, 0.5) is 5.69 Å². The molecular formula is C24H24N2O2.